The summed E-state index contributed by atoms with van der Waals surface area (Å²) in [6.45, 7) is 6.59. The van der Waals surface area contributed by atoms with Crippen LogP contribution in [0.15, 0.2) is 54.3 Å². The topological polar surface area (TPSA) is 102 Å². The smallest absolute Gasteiger partial charge is 0.338 e. The van der Waals surface area contributed by atoms with Gasteiger partial charge in [-0.15, -0.1) is 0 Å². The molecule has 0 aromatic heterocycles. The highest BCUT2D eigenvalue weighted by Gasteiger charge is 2.40. The first-order valence-corrected chi connectivity index (χ1v) is 10.3. The number of nitrogens with zero attached hydrogens (tertiary/aromatic N) is 1. The first-order valence-electron chi connectivity index (χ1n) is 10.3. The molecule has 0 spiro atoms. The highest BCUT2D eigenvalue weighted by Crippen LogP contribution is 2.32. The van der Waals surface area contributed by atoms with Gasteiger partial charge < -0.3 is 19.3 Å². The van der Waals surface area contributed by atoms with E-state index in [1.807, 2.05) is 20.8 Å². The van der Waals surface area contributed by atoms with Gasteiger partial charge in [-0.2, -0.15) is 0 Å². The van der Waals surface area contributed by atoms with Crippen molar-refractivity contribution in [2.75, 3.05) is 24.7 Å². The van der Waals surface area contributed by atoms with Crippen LogP contribution in [-0.4, -0.2) is 48.8 Å². The molecule has 1 N–H and O–H groups in total. The Labute approximate surface area is 186 Å². The van der Waals surface area contributed by atoms with Crippen molar-refractivity contribution in [1.82, 2.24) is 0 Å². The molecule has 0 aliphatic carbocycles. The van der Waals surface area contributed by atoms with Gasteiger partial charge in [0.2, 0.25) is 0 Å². The fourth-order valence-corrected chi connectivity index (χ4v) is 3.15. The lowest BCUT2D eigenvalue weighted by molar-refractivity contribution is -0.121. The van der Waals surface area contributed by atoms with E-state index in [4.69, 9.17) is 14.2 Å². The molecule has 8 nitrogen and oxygen atoms in total. The first-order chi connectivity index (χ1) is 15.3. The molecule has 0 radical (unpaired) electrons. The molecule has 3 rings (SSSR count). The first kappa shape index (κ1) is 23.0. The number of rotatable bonds is 9. The number of benzene rings is 2. The minimum absolute atomic E-state index is 0.0106. The lowest BCUT2D eigenvalue weighted by Gasteiger charge is -2.15. The maximum absolute atomic E-state index is 13.0. The third kappa shape index (κ3) is 4.97. The molecule has 1 aliphatic rings. The second-order valence-electron chi connectivity index (χ2n) is 7.24. The Hall–Kier alpha value is -3.65. The van der Waals surface area contributed by atoms with Crippen LogP contribution in [0.25, 0.3) is 5.57 Å². The molecule has 1 aliphatic heterocycles. The van der Waals surface area contributed by atoms with Gasteiger partial charge in [0.05, 0.1) is 29.5 Å². The summed E-state index contributed by atoms with van der Waals surface area (Å²) >= 11 is 0. The van der Waals surface area contributed by atoms with Crippen LogP contribution in [0.3, 0.4) is 0 Å². The lowest BCUT2D eigenvalue weighted by atomic mass is 10.1. The molecular weight excluding hydrogens is 414 g/mol. The SMILES string of the molecule is CCOCCOC(=O)c1ccc(N2C(=O)C(O)=C(c3ccc(OC(C)C)cc3)C2=O)cc1. The summed E-state index contributed by atoms with van der Waals surface area (Å²) in [6, 6.07) is 12.4. The Morgan fingerprint density at radius 1 is 0.969 bits per heavy atom. The fourth-order valence-electron chi connectivity index (χ4n) is 3.15. The number of imide groups is 1. The van der Waals surface area contributed by atoms with E-state index in [1.54, 1.807) is 24.3 Å². The zero-order chi connectivity index (χ0) is 23.3. The van der Waals surface area contributed by atoms with Gasteiger partial charge in [-0.05, 0) is 62.7 Å². The predicted molar refractivity (Wildman–Crippen MR) is 117 cm³/mol. The molecule has 2 aromatic rings. The summed E-state index contributed by atoms with van der Waals surface area (Å²) < 4.78 is 15.8. The van der Waals surface area contributed by atoms with Crippen LogP contribution in [0.1, 0.15) is 36.7 Å². The van der Waals surface area contributed by atoms with Crippen molar-refractivity contribution in [2.24, 2.45) is 0 Å². The van der Waals surface area contributed by atoms with Crippen molar-refractivity contribution in [3.05, 3.63) is 65.4 Å². The van der Waals surface area contributed by atoms with E-state index in [9.17, 15) is 19.5 Å². The van der Waals surface area contributed by atoms with Gasteiger partial charge in [0.25, 0.3) is 5.91 Å². The van der Waals surface area contributed by atoms with Crippen LogP contribution < -0.4 is 9.64 Å². The highest BCUT2D eigenvalue weighted by molar-refractivity contribution is 6.44. The van der Waals surface area contributed by atoms with Gasteiger partial charge in [-0.3, -0.25) is 9.59 Å². The average Bonchev–Trinajstić information content (AvgIpc) is 3.00. The Kier molecular flexibility index (Phi) is 7.27. The Morgan fingerprint density at radius 2 is 1.62 bits per heavy atom. The van der Waals surface area contributed by atoms with Gasteiger partial charge in [-0.1, -0.05) is 12.1 Å². The molecule has 0 saturated heterocycles. The molecule has 1 heterocycles. The number of aliphatic hydroxyl groups excluding tert-OH is 1. The molecule has 8 heteroatoms. The van der Waals surface area contributed by atoms with Gasteiger partial charge >= 0.3 is 11.9 Å². The molecule has 0 fully saturated rings. The number of carbonyl (C=O) groups excluding carboxylic acids is 3. The van der Waals surface area contributed by atoms with Crippen molar-refractivity contribution >= 4 is 29.0 Å². The Balaban J connectivity index is 1.74. The molecule has 2 amide bonds. The summed E-state index contributed by atoms with van der Waals surface area (Å²) in [7, 11) is 0. The maximum Gasteiger partial charge on any atom is 0.338 e. The second-order valence-corrected chi connectivity index (χ2v) is 7.24. The van der Waals surface area contributed by atoms with Crippen molar-refractivity contribution in [1.29, 1.82) is 0 Å². The Morgan fingerprint density at radius 3 is 2.22 bits per heavy atom. The van der Waals surface area contributed by atoms with Crippen LogP contribution in [0.5, 0.6) is 5.75 Å². The summed E-state index contributed by atoms with van der Waals surface area (Å²) in [5.74, 6) is -2.05. The molecule has 32 heavy (non-hydrogen) atoms. The monoisotopic (exact) mass is 439 g/mol. The lowest BCUT2D eigenvalue weighted by Crippen LogP contribution is -2.31. The minimum atomic E-state index is -0.834. The zero-order valence-corrected chi connectivity index (χ0v) is 18.2. The van der Waals surface area contributed by atoms with Gasteiger partial charge in [-0.25, -0.2) is 9.69 Å². The quantitative estimate of drug-likeness (QED) is 0.362. The van der Waals surface area contributed by atoms with E-state index in [0.717, 1.165) is 4.90 Å². The molecule has 168 valence electrons. The van der Waals surface area contributed by atoms with Crippen molar-refractivity contribution in [3.8, 4) is 5.75 Å². The van der Waals surface area contributed by atoms with E-state index >= 15 is 0 Å². The third-order valence-electron chi connectivity index (χ3n) is 4.60. The number of hydrogen-bond acceptors (Lipinski definition) is 7. The fraction of sp³-hybridized carbons (Fsp3) is 0.292. The minimum Gasteiger partial charge on any atom is -0.502 e. The van der Waals surface area contributed by atoms with Crippen LogP contribution in [0, 0.1) is 0 Å². The zero-order valence-electron chi connectivity index (χ0n) is 18.2. The molecule has 0 atom stereocenters. The van der Waals surface area contributed by atoms with Crippen molar-refractivity contribution in [3.63, 3.8) is 0 Å². The summed E-state index contributed by atoms with van der Waals surface area (Å²) in [5.41, 5.74) is 0.800. The number of hydrogen-bond donors (Lipinski definition) is 1. The van der Waals surface area contributed by atoms with Gasteiger partial charge in [0, 0.05) is 6.61 Å². The highest BCUT2D eigenvalue weighted by atomic mass is 16.6. The standard InChI is InChI=1S/C24H25NO7/c1-4-30-13-14-31-24(29)17-5-9-18(10-6-17)25-22(27)20(21(26)23(25)28)16-7-11-19(12-8-16)32-15(2)3/h5-12,15,26H,4,13-14H2,1-3H3. The molecule has 0 bridgehead atoms. The van der Waals surface area contributed by atoms with Gasteiger partial charge in [0.15, 0.2) is 5.76 Å². The number of ether oxygens (including phenoxy) is 3. The third-order valence-corrected chi connectivity index (χ3v) is 4.60. The van der Waals surface area contributed by atoms with Crippen molar-refractivity contribution in [2.45, 2.75) is 26.9 Å². The van der Waals surface area contributed by atoms with E-state index < -0.39 is 23.5 Å². The largest absolute Gasteiger partial charge is 0.502 e. The number of aliphatic hydroxyl groups is 1. The van der Waals surface area contributed by atoms with E-state index in [2.05, 4.69) is 0 Å². The average molecular weight is 439 g/mol. The molecule has 0 unspecified atom stereocenters. The molecular formula is C24H25NO7. The molecule has 0 saturated carbocycles. The normalized spacial score (nSPS) is 13.8. The number of anilines is 1. The summed E-state index contributed by atoms with van der Waals surface area (Å²) in [6.07, 6.45) is -0.0106. The predicted octanol–water partition coefficient (Wildman–Crippen LogP) is 3.51. The number of amides is 2. The summed E-state index contributed by atoms with van der Waals surface area (Å²) in [4.78, 5) is 38.5. The van der Waals surface area contributed by atoms with E-state index in [-0.39, 0.29) is 29.5 Å². The van der Waals surface area contributed by atoms with Crippen LogP contribution >= 0.6 is 0 Å². The second kappa shape index (κ2) is 10.1. The maximum atomic E-state index is 13.0. The molecule has 2 aromatic carbocycles. The van der Waals surface area contributed by atoms with Gasteiger partial charge in [0.1, 0.15) is 12.4 Å². The van der Waals surface area contributed by atoms with Crippen molar-refractivity contribution < 1.29 is 33.7 Å². The van der Waals surface area contributed by atoms with E-state index in [1.165, 1.54) is 24.3 Å². The summed E-state index contributed by atoms with van der Waals surface area (Å²) in [5, 5.41) is 10.4. The number of esters is 1. The Bertz CT molecular complexity index is 1020. The van der Waals surface area contributed by atoms with Crippen LogP contribution in [0.2, 0.25) is 0 Å². The van der Waals surface area contributed by atoms with E-state index in [0.29, 0.717) is 24.5 Å². The van der Waals surface area contributed by atoms with Crippen LogP contribution in [-0.2, 0) is 19.1 Å². The van der Waals surface area contributed by atoms with Crippen LogP contribution in [0.4, 0.5) is 5.69 Å². The number of carbonyl (C=O) groups is 3.